The monoisotopic (exact) mass is 540 g/mol. The Bertz CT molecular complexity index is 1680. The lowest BCUT2D eigenvalue weighted by molar-refractivity contribution is -0.137. The van der Waals surface area contributed by atoms with E-state index >= 15 is 4.39 Å². The minimum Gasteiger partial charge on any atom is -0.479 e. The minimum absolute atomic E-state index is 0.0651. The van der Waals surface area contributed by atoms with E-state index in [0.717, 1.165) is 12.1 Å². The van der Waals surface area contributed by atoms with Gasteiger partial charge in [-0.15, -0.1) is 0 Å². The molecule has 3 heterocycles. The van der Waals surface area contributed by atoms with E-state index in [-0.39, 0.29) is 47.2 Å². The van der Waals surface area contributed by atoms with E-state index < -0.39 is 23.5 Å². The van der Waals surface area contributed by atoms with Crippen LogP contribution in [-0.2, 0) is 17.5 Å². The van der Waals surface area contributed by atoms with Crippen LogP contribution in [0.3, 0.4) is 0 Å². The first-order chi connectivity index (χ1) is 18.7. The zero-order valence-corrected chi connectivity index (χ0v) is 20.6. The van der Waals surface area contributed by atoms with Gasteiger partial charge < -0.3 is 9.47 Å². The Kier molecular flexibility index (Phi) is 6.73. The number of methoxy groups -OCH3 is 1. The SMILES string of the molecule is CCOC(=O)c1cnn(-c2nc(OC)c3c(cnn3Cc3ccc(-c4ccccc4C(F)(F)F)cc3F)n2)c1. The van der Waals surface area contributed by atoms with Crippen LogP contribution >= 0.6 is 0 Å². The molecule has 0 N–H and O–H groups in total. The molecule has 0 spiro atoms. The van der Waals surface area contributed by atoms with Crippen molar-refractivity contribution in [3.8, 4) is 23.0 Å². The molecule has 0 saturated carbocycles. The van der Waals surface area contributed by atoms with Gasteiger partial charge in [0.15, 0.2) is 0 Å². The van der Waals surface area contributed by atoms with Crippen LogP contribution in [0.2, 0.25) is 0 Å². The molecule has 13 heteroatoms. The maximum absolute atomic E-state index is 15.1. The van der Waals surface area contributed by atoms with Gasteiger partial charge in [0.25, 0.3) is 5.95 Å². The van der Waals surface area contributed by atoms with Crippen molar-refractivity contribution >= 4 is 17.0 Å². The van der Waals surface area contributed by atoms with Gasteiger partial charge in [-0.1, -0.05) is 30.3 Å². The molecule has 0 bridgehead atoms. The van der Waals surface area contributed by atoms with Crippen LogP contribution in [0, 0.1) is 5.82 Å². The van der Waals surface area contributed by atoms with Crippen LogP contribution in [0.1, 0.15) is 28.4 Å². The molecule has 200 valence electrons. The van der Waals surface area contributed by atoms with Crippen LogP contribution in [-0.4, -0.2) is 49.2 Å². The van der Waals surface area contributed by atoms with Crippen molar-refractivity contribution in [1.29, 1.82) is 0 Å². The number of benzene rings is 2. The van der Waals surface area contributed by atoms with Crippen molar-refractivity contribution in [1.82, 2.24) is 29.5 Å². The first-order valence-electron chi connectivity index (χ1n) is 11.6. The fourth-order valence-corrected chi connectivity index (χ4v) is 4.06. The number of hydrogen-bond acceptors (Lipinski definition) is 7. The number of ether oxygens (including phenoxy) is 2. The Morgan fingerprint density at radius 2 is 1.85 bits per heavy atom. The fraction of sp³-hybridized carbons (Fsp3) is 0.192. The first kappa shape index (κ1) is 25.8. The molecule has 39 heavy (non-hydrogen) atoms. The Hall–Kier alpha value is -4.81. The second-order valence-corrected chi connectivity index (χ2v) is 8.31. The molecule has 9 nitrogen and oxygen atoms in total. The number of carbonyl (C=O) groups is 1. The number of aromatic nitrogens is 6. The predicted molar refractivity (Wildman–Crippen MR) is 131 cm³/mol. The second-order valence-electron chi connectivity index (χ2n) is 8.31. The third kappa shape index (κ3) is 5.02. The third-order valence-corrected chi connectivity index (χ3v) is 5.85. The number of hydrogen-bond donors (Lipinski definition) is 0. The van der Waals surface area contributed by atoms with E-state index in [1.165, 1.54) is 65.4 Å². The largest absolute Gasteiger partial charge is 0.479 e. The van der Waals surface area contributed by atoms with E-state index in [1.54, 1.807) is 6.92 Å². The van der Waals surface area contributed by atoms with Crippen LogP contribution in [0.5, 0.6) is 5.88 Å². The van der Waals surface area contributed by atoms with E-state index in [4.69, 9.17) is 9.47 Å². The summed E-state index contributed by atoms with van der Waals surface area (Å²) in [5.74, 6) is -1.02. The van der Waals surface area contributed by atoms with Crippen molar-refractivity contribution < 1.29 is 31.8 Å². The maximum atomic E-state index is 15.1. The Balaban J connectivity index is 1.46. The average molecular weight is 540 g/mol. The zero-order valence-electron chi connectivity index (χ0n) is 20.6. The van der Waals surface area contributed by atoms with Crippen LogP contribution in [0.4, 0.5) is 17.6 Å². The highest BCUT2D eigenvalue weighted by molar-refractivity contribution is 5.88. The summed E-state index contributed by atoms with van der Waals surface area (Å²) in [6.07, 6.45) is -0.409. The quantitative estimate of drug-likeness (QED) is 0.210. The highest BCUT2D eigenvalue weighted by Crippen LogP contribution is 2.37. The van der Waals surface area contributed by atoms with Crippen LogP contribution in [0.15, 0.2) is 61.1 Å². The normalized spacial score (nSPS) is 11.6. The van der Waals surface area contributed by atoms with E-state index in [9.17, 15) is 18.0 Å². The summed E-state index contributed by atoms with van der Waals surface area (Å²) >= 11 is 0. The van der Waals surface area contributed by atoms with Gasteiger partial charge in [0, 0.05) is 11.8 Å². The minimum atomic E-state index is -4.58. The van der Waals surface area contributed by atoms with Crippen molar-refractivity contribution in [3.05, 3.63) is 83.6 Å². The Labute approximate surface area is 218 Å². The summed E-state index contributed by atoms with van der Waals surface area (Å²) in [4.78, 5) is 20.7. The lowest BCUT2D eigenvalue weighted by Crippen LogP contribution is -2.09. The van der Waals surface area contributed by atoms with Crippen molar-refractivity contribution in [2.75, 3.05) is 13.7 Å². The number of carbonyl (C=O) groups excluding carboxylic acids is 1. The van der Waals surface area contributed by atoms with Crippen molar-refractivity contribution in [2.45, 2.75) is 19.6 Å². The van der Waals surface area contributed by atoms with Gasteiger partial charge in [0.2, 0.25) is 5.88 Å². The molecular formula is C26H20F4N6O3. The molecule has 0 aliphatic heterocycles. The number of alkyl halides is 3. The lowest BCUT2D eigenvalue weighted by atomic mass is 9.98. The summed E-state index contributed by atoms with van der Waals surface area (Å²) in [5.41, 5.74) is 0.261. The van der Waals surface area contributed by atoms with Gasteiger partial charge in [-0.05, 0) is 30.2 Å². The van der Waals surface area contributed by atoms with Gasteiger partial charge in [-0.2, -0.15) is 28.4 Å². The molecule has 5 aromatic rings. The molecule has 3 aromatic heterocycles. The van der Waals surface area contributed by atoms with Crippen LogP contribution < -0.4 is 4.74 Å². The number of esters is 1. The molecular weight excluding hydrogens is 520 g/mol. The molecule has 5 rings (SSSR count). The molecule has 0 aliphatic rings. The molecule has 0 fully saturated rings. The molecule has 0 unspecified atom stereocenters. The zero-order chi connectivity index (χ0) is 27.7. The van der Waals surface area contributed by atoms with Crippen molar-refractivity contribution in [2.24, 2.45) is 0 Å². The number of rotatable bonds is 7. The molecule has 0 atom stereocenters. The summed E-state index contributed by atoms with van der Waals surface area (Å²) < 4.78 is 68.5. The van der Waals surface area contributed by atoms with Gasteiger partial charge in [0.05, 0.1) is 43.8 Å². The van der Waals surface area contributed by atoms with E-state index in [1.807, 2.05) is 0 Å². The summed E-state index contributed by atoms with van der Waals surface area (Å²) in [7, 11) is 1.39. The second kappa shape index (κ2) is 10.2. The van der Waals surface area contributed by atoms with Gasteiger partial charge in [-0.3, -0.25) is 4.68 Å². The highest BCUT2D eigenvalue weighted by atomic mass is 19.4. The predicted octanol–water partition coefficient (Wildman–Crippen LogP) is 5.07. The summed E-state index contributed by atoms with van der Waals surface area (Å²) in [6.45, 7) is 1.84. The third-order valence-electron chi connectivity index (χ3n) is 5.85. The van der Waals surface area contributed by atoms with E-state index in [0.29, 0.717) is 11.0 Å². The smallest absolute Gasteiger partial charge is 0.417 e. The van der Waals surface area contributed by atoms with Crippen molar-refractivity contribution in [3.63, 3.8) is 0 Å². The Morgan fingerprint density at radius 1 is 1.05 bits per heavy atom. The summed E-state index contributed by atoms with van der Waals surface area (Å²) in [5, 5.41) is 8.38. The molecule has 0 amide bonds. The standard InChI is InChI=1S/C26H20F4N6O3/c1-3-39-24(37)17-11-31-36(14-17)25-33-21-12-32-35(22(21)23(34-25)38-2)13-16-9-8-15(10-20(16)27)18-6-4-5-7-19(18)26(28,29)30/h4-12,14H,3,13H2,1-2H3. The average Bonchev–Trinajstić information content (AvgIpc) is 3.57. The number of fused-ring (bicyclic) bond motifs is 1. The van der Waals surface area contributed by atoms with E-state index in [2.05, 4.69) is 20.2 Å². The summed E-state index contributed by atoms with van der Waals surface area (Å²) in [6, 6.07) is 8.91. The number of nitrogens with zero attached hydrogens (tertiary/aromatic N) is 6. The Morgan fingerprint density at radius 3 is 2.56 bits per heavy atom. The van der Waals surface area contributed by atoms with Gasteiger partial charge in [0.1, 0.15) is 16.9 Å². The van der Waals surface area contributed by atoms with Gasteiger partial charge in [-0.25, -0.2) is 18.9 Å². The molecule has 0 aliphatic carbocycles. The topological polar surface area (TPSA) is 97.0 Å². The highest BCUT2D eigenvalue weighted by Gasteiger charge is 2.33. The first-order valence-corrected chi connectivity index (χ1v) is 11.6. The van der Waals surface area contributed by atoms with Gasteiger partial charge >= 0.3 is 12.1 Å². The molecule has 2 aromatic carbocycles. The number of halogens is 4. The maximum Gasteiger partial charge on any atom is 0.417 e. The fourth-order valence-electron chi connectivity index (χ4n) is 4.06. The van der Waals surface area contributed by atoms with Crippen LogP contribution in [0.25, 0.3) is 28.1 Å². The molecule has 0 radical (unpaired) electrons. The lowest BCUT2D eigenvalue weighted by Gasteiger charge is -2.14. The molecule has 0 saturated heterocycles.